The lowest BCUT2D eigenvalue weighted by Crippen LogP contribution is -2.17. The molecule has 0 atom stereocenters. The Morgan fingerprint density at radius 2 is 2.00 bits per heavy atom. The molecule has 0 unspecified atom stereocenters. The maximum absolute atomic E-state index is 12.2. The Morgan fingerprint density at radius 1 is 1.10 bits per heavy atom. The van der Waals surface area contributed by atoms with E-state index in [1.165, 1.54) is 12.5 Å². The summed E-state index contributed by atoms with van der Waals surface area (Å²) in [6.07, 6.45) is 2.95. The number of benzene rings is 2. The zero-order valence-corrected chi connectivity index (χ0v) is 15.4. The van der Waals surface area contributed by atoms with Crippen LogP contribution in [0.4, 0.5) is 0 Å². The molecule has 2 N–H and O–H groups in total. The number of hydrogen-bond acceptors (Lipinski definition) is 5. The summed E-state index contributed by atoms with van der Waals surface area (Å²) in [5.74, 6) is 0.870. The molecule has 29 heavy (non-hydrogen) atoms. The number of furan rings is 1. The SMILES string of the molecule is O=C(N/N=C\c1ccco1)c1cc(-c2cccc(OCc3ccccc3)c2)n[nH]1. The summed E-state index contributed by atoms with van der Waals surface area (Å²) in [6.45, 7) is 0.478. The lowest BCUT2D eigenvalue weighted by atomic mass is 10.1. The van der Waals surface area contributed by atoms with Crippen LogP contribution in [-0.4, -0.2) is 22.3 Å². The fraction of sp³-hybridized carbons (Fsp3) is 0.0455. The smallest absolute Gasteiger partial charge is 0.289 e. The number of H-pyrrole nitrogens is 1. The van der Waals surface area contributed by atoms with Crippen molar-refractivity contribution >= 4 is 12.1 Å². The van der Waals surface area contributed by atoms with Crippen molar-refractivity contribution in [2.45, 2.75) is 6.61 Å². The molecule has 2 heterocycles. The lowest BCUT2D eigenvalue weighted by Gasteiger charge is -2.07. The van der Waals surface area contributed by atoms with Gasteiger partial charge in [0, 0.05) is 5.56 Å². The highest BCUT2D eigenvalue weighted by Crippen LogP contribution is 2.23. The fourth-order valence-corrected chi connectivity index (χ4v) is 2.65. The average molecular weight is 386 g/mol. The van der Waals surface area contributed by atoms with Crippen LogP contribution in [0.2, 0.25) is 0 Å². The summed E-state index contributed by atoms with van der Waals surface area (Å²) >= 11 is 0. The molecule has 0 fully saturated rings. The van der Waals surface area contributed by atoms with E-state index in [0.29, 0.717) is 23.8 Å². The van der Waals surface area contributed by atoms with Crippen LogP contribution in [0.15, 0.2) is 88.6 Å². The van der Waals surface area contributed by atoms with E-state index in [1.807, 2.05) is 54.6 Å². The summed E-state index contributed by atoms with van der Waals surface area (Å²) in [7, 11) is 0. The molecule has 4 rings (SSSR count). The molecule has 0 saturated heterocycles. The predicted molar refractivity (Wildman–Crippen MR) is 109 cm³/mol. The molecule has 0 spiro atoms. The molecule has 0 aliphatic heterocycles. The monoisotopic (exact) mass is 386 g/mol. The number of nitrogens with zero attached hydrogens (tertiary/aromatic N) is 2. The van der Waals surface area contributed by atoms with E-state index in [0.717, 1.165) is 16.9 Å². The molecule has 1 amide bonds. The second-order valence-corrected chi connectivity index (χ2v) is 6.18. The molecule has 0 bridgehead atoms. The third kappa shape index (κ3) is 4.78. The topological polar surface area (TPSA) is 92.5 Å². The summed E-state index contributed by atoms with van der Waals surface area (Å²) in [4.78, 5) is 12.2. The Balaban J connectivity index is 1.40. The Hall–Kier alpha value is -4.13. The molecule has 0 aliphatic rings. The van der Waals surface area contributed by atoms with Crippen LogP contribution < -0.4 is 10.2 Å². The number of hydrogen-bond donors (Lipinski definition) is 2. The second kappa shape index (κ2) is 8.71. The van der Waals surface area contributed by atoms with Crippen LogP contribution in [0.3, 0.4) is 0 Å². The number of amides is 1. The van der Waals surface area contributed by atoms with E-state index in [4.69, 9.17) is 9.15 Å². The quantitative estimate of drug-likeness (QED) is 0.371. The van der Waals surface area contributed by atoms with Crippen LogP contribution in [0.25, 0.3) is 11.3 Å². The van der Waals surface area contributed by atoms with E-state index >= 15 is 0 Å². The van der Waals surface area contributed by atoms with Crippen LogP contribution in [0, 0.1) is 0 Å². The number of nitrogens with one attached hydrogen (secondary N) is 2. The maximum atomic E-state index is 12.2. The van der Waals surface area contributed by atoms with Crippen molar-refractivity contribution in [3.8, 4) is 17.0 Å². The Bertz CT molecular complexity index is 1100. The fourth-order valence-electron chi connectivity index (χ4n) is 2.65. The number of ether oxygens (including phenoxy) is 1. The number of aromatic nitrogens is 2. The van der Waals surface area contributed by atoms with Crippen molar-refractivity contribution in [2.75, 3.05) is 0 Å². The van der Waals surface area contributed by atoms with Crippen molar-refractivity contribution in [3.63, 3.8) is 0 Å². The Kier molecular flexibility index (Phi) is 5.48. The molecular formula is C22H18N4O3. The number of hydrazone groups is 1. The minimum Gasteiger partial charge on any atom is -0.489 e. The zero-order valence-electron chi connectivity index (χ0n) is 15.4. The number of aromatic amines is 1. The van der Waals surface area contributed by atoms with Gasteiger partial charge in [0.1, 0.15) is 23.8 Å². The third-order valence-corrected chi connectivity index (χ3v) is 4.10. The molecule has 0 radical (unpaired) electrons. The van der Waals surface area contributed by atoms with Crippen LogP contribution in [0.5, 0.6) is 5.75 Å². The van der Waals surface area contributed by atoms with Gasteiger partial charge in [0.05, 0.1) is 18.2 Å². The summed E-state index contributed by atoms with van der Waals surface area (Å²) in [6, 6.07) is 22.6. The first kappa shape index (κ1) is 18.2. The number of carbonyl (C=O) groups is 1. The molecule has 0 saturated carbocycles. The third-order valence-electron chi connectivity index (χ3n) is 4.10. The van der Waals surface area contributed by atoms with Gasteiger partial charge in [-0.25, -0.2) is 5.43 Å². The van der Waals surface area contributed by atoms with Gasteiger partial charge in [0.15, 0.2) is 0 Å². The van der Waals surface area contributed by atoms with Gasteiger partial charge in [-0.05, 0) is 35.9 Å². The summed E-state index contributed by atoms with van der Waals surface area (Å²) in [5, 5.41) is 10.8. The van der Waals surface area contributed by atoms with Gasteiger partial charge in [-0.3, -0.25) is 9.89 Å². The molecule has 7 nitrogen and oxygen atoms in total. The second-order valence-electron chi connectivity index (χ2n) is 6.18. The molecule has 7 heteroatoms. The van der Waals surface area contributed by atoms with Gasteiger partial charge < -0.3 is 9.15 Å². The van der Waals surface area contributed by atoms with Gasteiger partial charge in [-0.2, -0.15) is 10.2 Å². The predicted octanol–water partition coefficient (Wildman–Crippen LogP) is 4.01. The van der Waals surface area contributed by atoms with Crippen LogP contribution >= 0.6 is 0 Å². The van der Waals surface area contributed by atoms with Crippen molar-refractivity contribution in [1.82, 2.24) is 15.6 Å². The first-order valence-corrected chi connectivity index (χ1v) is 8.97. The molecule has 0 aliphatic carbocycles. The molecule has 144 valence electrons. The van der Waals surface area contributed by atoms with Crippen LogP contribution in [0.1, 0.15) is 21.8 Å². The van der Waals surface area contributed by atoms with E-state index in [9.17, 15) is 4.79 Å². The summed E-state index contributed by atoms with van der Waals surface area (Å²) < 4.78 is 11.0. The molecule has 4 aromatic rings. The van der Waals surface area contributed by atoms with Crippen LogP contribution in [-0.2, 0) is 6.61 Å². The van der Waals surface area contributed by atoms with Gasteiger partial charge in [0.2, 0.25) is 0 Å². The van der Waals surface area contributed by atoms with Gasteiger partial charge in [-0.15, -0.1) is 0 Å². The Labute approximate surface area is 167 Å². The number of rotatable bonds is 7. The van der Waals surface area contributed by atoms with Crippen molar-refractivity contribution in [3.05, 3.63) is 96.1 Å². The zero-order chi connectivity index (χ0) is 19.9. The van der Waals surface area contributed by atoms with Crippen molar-refractivity contribution in [1.29, 1.82) is 0 Å². The first-order chi connectivity index (χ1) is 14.3. The number of carbonyl (C=O) groups excluding carboxylic acids is 1. The van der Waals surface area contributed by atoms with E-state index in [2.05, 4.69) is 20.7 Å². The van der Waals surface area contributed by atoms with E-state index in [-0.39, 0.29) is 0 Å². The molecule has 2 aromatic heterocycles. The maximum Gasteiger partial charge on any atom is 0.289 e. The minimum atomic E-state index is -0.400. The highest BCUT2D eigenvalue weighted by atomic mass is 16.5. The summed E-state index contributed by atoms with van der Waals surface area (Å²) in [5.41, 5.74) is 5.29. The minimum absolute atomic E-state index is 0.298. The normalized spacial score (nSPS) is 10.9. The Morgan fingerprint density at radius 3 is 2.83 bits per heavy atom. The van der Waals surface area contributed by atoms with Gasteiger partial charge >= 0.3 is 0 Å². The van der Waals surface area contributed by atoms with Gasteiger partial charge in [-0.1, -0.05) is 42.5 Å². The highest BCUT2D eigenvalue weighted by Gasteiger charge is 2.11. The van der Waals surface area contributed by atoms with Gasteiger partial charge in [0.25, 0.3) is 5.91 Å². The standard InChI is InChI=1S/C22H18N4O3/c27-22(26-23-14-19-10-5-11-28-19)21-13-20(24-25-21)17-8-4-9-18(12-17)29-15-16-6-2-1-3-7-16/h1-14H,15H2,(H,24,25)(H,26,27)/b23-14-. The van der Waals surface area contributed by atoms with E-state index < -0.39 is 5.91 Å². The lowest BCUT2D eigenvalue weighted by molar-refractivity contribution is 0.0950. The first-order valence-electron chi connectivity index (χ1n) is 8.97. The molecular weight excluding hydrogens is 368 g/mol. The van der Waals surface area contributed by atoms with Crippen molar-refractivity contribution < 1.29 is 13.9 Å². The average Bonchev–Trinajstić information content (AvgIpc) is 3.46. The highest BCUT2D eigenvalue weighted by molar-refractivity contribution is 5.93. The largest absolute Gasteiger partial charge is 0.489 e. The molecule has 2 aromatic carbocycles. The van der Waals surface area contributed by atoms with E-state index in [1.54, 1.807) is 18.2 Å². The van der Waals surface area contributed by atoms with Crippen molar-refractivity contribution in [2.24, 2.45) is 5.10 Å².